The highest BCUT2D eigenvalue weighted by Crippen LogP contribution is 2.08. The van der Waals surface area contributed by atoms with E-state index in [1.165, 1.54) is 0 Å². The molecule has 1 nitrogen and oxygen atoms in total. The molecule has 10 heavy (non-hydrogen) atoms. The lowest BCUT2D eigenvalue weighted by atomic mass is 10.0. The lowest BCUT2D eigenvalue weighted by Crippen LogP contribution is -2.14. The first-order valence-corrected chi connectivity index (χ1v) is 3.87. The van der Waals surface area contributed by atoms with E-state index in [-0.39, 0.29) is 0 Å². The molecular formula is C9H18O. The summed E-state index contributed by atoms with van der Waals surface area (Å²) in [6.07, 6.45) is 5.04. The van der Waals surface area contributed by atoms with Gasteiger partial charge in [0.2, 0.25) is 0 Å². The van der Waals surface area contributed by atoms with Crippen LogP contribution in [0, 0.1) is 5.92 Å². The number of hydrogen-bond acceptors (Lipinski definition) is 1. The van der Waals surface area contributed by atoms with Crippen molar-refractivity contribution in [3.05, 3.63) is 12.2 Å². The Balaban J connectivity index is 3.75. The molecule has 0 aromatic heterocycles. The monoisotopic (exact) mass is 142 g/mol. The van der Waals surface area contributed by atoms with Gasteiger partial charge in [0.1, 0.15) is 0 Å². The fourth-order valence-corrected chi connectivity index (χ4v) is 0.536. The second kappa shape index (κ2) is 3.77. The van der Waals surface area contributed by atoms with Gasteiger partial charge in [-0.1, -0.05) is 32.4 Å². The molecule has 0 saturated heterocycles. The highest BCUT2D eigenvalue weighted by atomic mass is 16.3. The average Bonchev–Trinajstić information content (AvgIpc) is 1.81. The van der Waals surface area contributed by atoms with Crippen molar-refractivity contribution in [3.63, 3.8) is 0 Å². The van der Waals surface area contributed by atoms with Gasteiger partial charge in [0.25, 0.3) is 0 Å². The highest BCUT2D eigenvalue weighted by molar-refractivity contribution is 4.97. The minimum Gasteiger partial charge on any atom is -0.386 e. The summed E-state index contributed by atoms with van der Waals surface area (Å²) < 4.78 is 0. The van der Waals surface area contributed by atoms with Gasteiger partial charge in [0.15, 0.2) is 0 Å². The Labute approximate surface area is 63.8 Å². The SMILES string of the molecule is CC[C@H](C)/C=C/C(C)(C)O. The maximum Gasteiger partial charge on any atom is 0.0771 e. The van der Waals surface area contributed by atoms with Crippen LogP contribution in [0.3, 0.4) is 0 Å². The van der Waals surface area contributed by atoms with Crippen molar-refractivity contribution in [2.75, 3.05) is 0 Å². The summed E-state index contributed by atoms with van der Waals surface area (Å²) in [7, 11) is 0. The van der Waals surface area contributed by atoms with E-state index in [9.17, 15) is 5.11 Å². The molecule has 0 aliphatic carbocycles. The van der Waals surface area contributed by atoms with Gasteiger partial charge in [-0.2, -0.15) is 0 Å². The van der Waals surface area contributed by atoms with Gasteiger partial charge < -0.3 is 5.11 Å². The van der Waals surface area contributed by atoms with Gasteiger partial charge in [0, 0.05) is 0 Å². The second-order valence-corrected chi connectivity index (χ2v) is 3.40. The first-order valence-electron chi connectivity index (χ1n) is 3.87. The van der Waals surface area contributed by atoms with E-state index < -0.39 is 5.60 Å². The highest BCUT2D eigenvalue weighted by Gasteiger charge is 2.05. The molecule has 0 unspecified atom stereocenters. The third-order valence-corrected chi connectivity index (χ3v) is 1.48. The number of hydrogen-bond donors (Lipinski definition) is 1. The molecule has 0 spiro atoms. The fraction of sp³-hybridized carbons (Fsp3) is 0.778. The molecule has 0 aromatic carbocycles. The molecule has 1 heteroatoms. The van der Waals surface area contributed by atoms with Gasteiger partial charge in [-0.05, 0) is 19.8 Å². The van der Waals surface area contributed by atoms with E-state index >= 15 is 0 Å². The van der Waals surface area contributed by atoms with Gasteiger partial charge in [0.05, 0.1) is 5.60 Å². The van der Waals surface area contributed by atoms with Crippen LogP contribution in [0.2, 0.25) is 0 Å². The first-order chi connectivity index (χ1) is 4.45. The predicted octanol–water partition coefficient (Wildman–Crippen LogP) is 2.36. The van der Waals surface area contributed by atoms with E-state index in [1.54, 1.807) is 13.8 Å². The summed E-state index contributed by atoms with van der Waals surface area (Å²) in [5.41, 5.74) is -0.649. The molecule has 1 atom stereocenters. The van der Waals surface area contributed by atoms with E-state index in [2.05, 4.69) is 19.9 Å². The smallest absolute Gasteiger partial charge is 0.0771 e. The maximum absolute atomic E-state index is 9.28. The Morgan fingerprint density at radius 2 is 2.00 bits per heavy atom. The van der Waals surface area contributed by atoms with Gasteiger partial charge >= 0.3 is 0 Å². The molecule has 0 aliphatic rings. The molecule has 0 rings (SSSR count). The fourth-order valence-electron chi connectivity index (χ4n) is 0.536. The number of rotatable bonds is 3. The normalized spacial score (nSPS) is 16.1. The van der Waals surface area contributed by atoms with Crippen LogP contribution in [0.25, 0.3) is 0 Å². The average molecular weight is 142 g/mol. The summed E-state index contributed by atoms with van der Waals surface area (Å²) in [6, 6.07) is 0. The van der Waals surface area contributed by atoms with Crippen molar-refractivity contribution in [3.8, 4) is 0 Å². The minimum atomic E-state index is -0.649. The molecule has 0 bridgehead atoms. The Morgan fingerprint density at radius 1 is 1.50 bits per heavy atom. The zero-order valence-corrected chi connectivity index (χ0v) is 7.39. The summed E-state index contributed by atoms with van der Waals surface area (Å²) >= 11 is 0. The molecule has 0 heterocycles. The van der Waals surface area contributed by atoms with E-state index in [0.717, 1.165) is 6.42 Å². The first kappa shape index (κ1) is 9.70. The summed E-state index contributed by atoms with van der Waals surface area (Å²) in [4.78, 5) is 0. The van der Waals surface area contributed by atoms with Crippen LogP contribution in [-0.2, 0) is 0 Å². The predicted molar refractivity (Wildman–Crippen MR) is 44.9 cm³/mol. The van der Waals surface area contributed by atoms with Crippen LogP contribution in [0.15, 0.2) is 12.2 Å². The molecule has 0 saturated carbocycles. The van der Waals surface area contributed by atoms with E-state index in [1.807, 2.05) is 6.08 Å². The Hall–Kier alpha value is -0.300. The zero-order chi connectivity index (χ0) is 8.20. The van der Waals surface area contributed by atoms with Crippen LogP contribution in [0.4, 0.5) is 0 Å². The third kappa shape index (κ3) is 5.83. The molecular weight excluding hydrogens is 124 g/mol. The van der Waals surface area contributed by atoms with Crippen LogP contribution >= 0.6 is 0 Å². The standard InChI is InChI=1S/C9H18O/c1-5-8(2)6-7-9(3,4)10/h6-8,10H,5H2,1-4H3/b7-6+/t8-/m0/s1. The van der Waals surface area contributed by atoms with Gasteiger partial charge in [-0.3, -0.25) is 0 Å². The topological polar surface area (TPSA) is 20.2 Å². The van der Waals surface area contributed by atoms with E-state index in [0.29, 0.717) is 5.92 Å². The third-order valence-electron chi connectivity index (χ3n) is 1.48. The van der Waals surface area contributed by atoms with Crippen molar-refractivity contribution >= 4 is 0 Å². The van der Waals surface area contributed by atoms with Crippen molar-refractivity contribution in [1.29, 1.82) is 0 Å². The zero-order valence-electron chi connectivity index (χ0n) is 7.39. The maximum atomic E-state index is 9.28. The van der Waals surface area contributed by atoms with Gasteiger partial charge in [-0.25, -0.2) is 0 Å². The molecule has 0 radical (unpaired) electrons. The number of aliphatic hydroxyl groups is 1. The van der Waals surface area contributed by atoms with Crippen molar-refractivity contribution in [1.82, 2.24) is 0 Å². The molecule has 0 amide bonds. The molecule has 60 valence electrons. The summed E-state index contributed by atoms with van der Waals surface area (Å²) in [6.45, 7) is 7.85. The van der Waals surface area contributed by atoms with E-state index in [4.69, 9.17) is 0 Å². The quantitative estimate of drug-likeness (QED) is 0.600. The number of allylic oxidation sites excluding steroid dienone is 1. The molecule has 1 N–H and O–H groups in total. The summed E-state index contributed by atoms with van der Waals surface area (Å²) in [5, 5.41) is 9.28. The van der Waals surface area contributed by atoms with Crippen LogP contribution in [-0.4, -0.2) is 10.7 Å². The Bertz CT molecular complexity index is 108. The lowest BCUT2D eigenvalue weighted by molar-refractivity contribution is 0.132. The van der Waals surface area contributed by atoms with Crippen molar-refractivity contribution < 1.29 is 5.11 Å². The molecule has 0 fully saturated rings. The molecule has 0 aliphatic heterocycles. The Kier molecular flexibility index (Phi) is 3.66. The molecule has 0 aromatic rings. The minimum absolute atomic E-state index is 0.575. The lowest BCUT2D eigenvalue weighted by Gasteiger charge is -2.11. The largest absolute Gasteiger partial charge is 0.386 e. The second-order valence-electron chi connectivity index (χ2n) is 3.40. The van der Waals surface area contributed by atoms with Crippen LogP contribution < -0.4 is 0 Å². The van der Waals surface area contributed by atoms with Crippen LogP contribution in [0.1, 0.15) is 34.1 Å². The summed E-state index contributed by atoms with van der Waals surface area (Å²) in [5.74, 6) is 0.575. The Morgan fingerprint density at radius 3 is 2.30 bits per heavy atom. The van der Waals surface area contributed by atoms with Gasteiger partial charge in [-0.15, -0.1) is 0 Å². The van der Waals surface area contributed by atoms with Crippen molar-refractivity contribution in [2.24, 2.45) is 5.92 Å². The van der Waals surface area contributed by atoms with Crippen molar-refractivity contribution in [2.45, 2.75) is 39.7 Å². The van der Waals surface area contributed by atoms with Crippen LogP contribution in [0.5, 0.6) is 0 Å².